The Bertz CT molecular complexity index is 336. The van der Waals surface area contributed by atoms with E-state index in [1.807, 2.05) is 11.3 Å². The molecule has 0 saturated heterocycles. The van der Waals surface area contributed by atoms with E-state index in [0.29, 0.717) is 0 Å². The average Bonchev–Trinajstić information content (AvgIpc) is 2.41. The first kappa shape index (κ1) is 10.1. The highest BCUT2D eigenvalue weighted by molar-refractivity contribution is 7.11. The highest BCUT2D eigenvalue weighted by Crippen LogP contribution is 2.28. The molecule has 0 bridgehead atoms. The maximum absolute atomic E-state index is 4.59. The maximum Gasteiger partial charge on any atom is 0.0900 e. The third-order valence-corrected chi connectivity index (χ3v) is 3.86. The van der Waals surface area contributed by atoms with Crippen molar-refractivity contribution in [2.75, 3.05) is 6.54 Å². The van der Waals surface area contributed by atoms with E-state index in [4.69, 9.17) is 0 Å². The Morgan fingerprint density at radius 3 is 2.71 bits per heavy atom. The molecule has 14 heavy (non-hydrogen) atoms. The topological polar surface area (TPSA) is 16.1 Å². The second-order valence-corrected chi connectivity index (χ2v) is 6.23. The smallest absolute Gasteiger partial charge is 0.0900 e. The molecule has 0 unspecified atom stereocenters. The molecular weight excluding hydrogens is 192 g/mol. The van der Waals surface area contributed by atoms with Crippen LogP contribution in [0.1, 0.15) is 36.3 Å². The van der Waals surface area contributed by atoms with E-state index in [0.717, 1.165) is 6.54 Å². The molecule has 3 heteroatoms. The molecule has 0 N–H and O–H groups in total. The van der Waals surface area contributed by atoms with Gasteiger partial charge in [-0.1, -0.05) is 0 Å². The normalized spacial score (nSPS) is 18.3. The number of aromatic nitrogens is 1. The van der Waals surface area contributed by atoms with Crippen LogP contribution in [-0.4, -0.2) is 22.0 Å². The van der Waals surface area contributed by atoms with Crippen molar-refractivity contribution in [3.05, 3.63) is 15.6 Å². The van der Waals surface area contributed by atoms with Gasteiger partial charge in [-0.2, -0.15) is 0 Å². The average molecular weight is 210 g/mol. The lowest BCUT2D eigenvalue weighted by atomic mass is 10.0. The molecule has 0 spiro atoms. The number of thiazole rings is 1. The van der Waals surface area contributed by atoms with E-state index < -0.39 is 0 Å². The molecule has 1 aliphatic rings. The van der Waals surface area contributed by atoms with E-state index in [9.17, 15) is 0 Å². The number of aryl methyl sites for hydroxylation is 1. The van der Waals surface area contributed by atoms with E-state index in [1.165, 1.54) is 28.5 Å². The van der Waals surface area contributed by atoms with Crippen LogP contribution in [-0.2, 0) is 13.0 Å². The molecule has 1 aromatic rings. The third-order valence-electron chi connectivity index (χ3n) is 2.78. The molecule has 0 aliphatic carbocycles. The number of hydrogen-bond acceptors (Lipinski definition) is 3. The molecule has 0 saturated carbocycles. The summed E-state index contributed by atoms with van der Waals surface area (Å²) in [5, 5.41) is 1.21. The summed E-state index contributed by atoms with van der Waals surface area (Å²) in [5.74, 6) is 0. The molecule has 0 atom stereocenters. The summed E-state index contributed by atoms with van der Waals surface area (Å²) in [6, 6.07) is 0. The molecule has 2 heterocycles. The maximum atomic E-state index is 4.59. The minimum absolute atomic E-state index is 0.273. The zero-order valence-corrected chi connectivity index (χ0v) is 10.2. The predicted octanol–water partition coefficient (Wildman–Crippen LogP) is 2.61. The highest BCUT2D eigenvalue weighted by atomic mass is 32.1. The summed E-state index contributed by atoms with van der Waals surface area (Å²) in [5.41, 5.74) is 1.59. The van der Waals surface area contributed by atoms with Gasteiger partial charge in [0.05, 0.1) is 10.7 Å². The monoisotopic (exact) mass is 210 g/mol. The second kappa shape index (κ2) is 3.31. The van der Waals surface area contributed by atoms with E-state index in [-0.39, 0.29) is 5.54 Å². The Kier molecular flexibility index (Phi) is 2.40. The van der Waals surface area contributed by atoms with Crippen LogP contribution in [0.25, 0.3) is 0 Å². The van der Waals surface area contributed by atoms with Gasteiger partial charge in [0.15, 0.2) is 0 Å². The first-order valence-corrected chi connectivity index (χ1v) is 5.99. The fourth-order valence-electron chi connectivity index (χ4n) is 1.90. The Hall–Kier alpha value is -0.410. The van der Waals surface area contributed by atoms with Gasteiger partial charge in [-0.15, -0.1) is 11.3 Å². The lowest BCUT2D eigenvalue weighted by Crippen LogP contribution is -2.44. The quantitative estimate of drug-likeness (QED) is 0.654. The van der Waals surface area contributed by atoms with Crippen molar-refractivity contribution < 1.29 is 0 Å². The van der Waals surface area contributed by atoms with Crippen LogP contribution in [0.2, 0.25) is 0 Å². The van der Waals surface area contributed by atoms with Gasteiger partial charge >= 0.3 is 0 Å². The van der Waals surface area contributed by atoms with Gasteiger partial charge in [-0.3, -0.25) is 4.90 Å². The van der Waals surface area contributed by atoms with Crippen LogP contribution < -0.4 is 0 Å². The van der Waals surface area contributed by atoms with Gasteiger partial charge in [0.2, 0.25) is 0 Å². The van der Waals surface area contributed by atoms with E-state index >= 15 is 0 Å². The molecule has 0 radical (unpaired) electrons. The molecule has 0 amide bonds. The molecular formula is C11H18N2S. The van der Waals surface area contributed by atoms with Crippen molar-refractivity contribution in [1.29, 1.82) is 0 Å². The molecule has 2 rings (SSSR count). The minimum atomic E-state index is 0.273. The second-order valence-electron chi connectivity index (χ2n) is 4.95. The van der Waals surface area contributed by atoms with Crippen molar-refractivity contribution in [2.45, 2.75) is 46.2 Å². The Morgan fingerprint density at radius 2 is 2.07 bits per heavy atom. The number of nitrogens with zero attached hydrogens (tertiary/aromatic N) is 2. The lowest BCUT2D eigenvalue weighted by molar-refractivity contribution is 0.120. The van der Waals surface area contributed by atoms with Gasteiger partial charge < -0.3 is 0 Å². The summed E-state index contributed by atoms with van der Waals surface area (Å²) in [6.07, 6.45) is 1.18. The van der Waals surface area contributed by atoms with E-state index in [2.05, 4.69) is 37.6 Å². The largest absolute Gasteiger partial charge is 0.292 e. The van der Waals surface area contributed by atoms with Gasteiger partial charge in [-0.05, 0) is 34.1 Å². The Morgan fingerprint density at radius 1 is 1.36 bits per heavy atom. The van der Waals surface area contributed by atoms with Crippen molar-refractivity contribution in [2.24, 2.45) is 0 Å². The molecule has 1 aromatic heterocycles. The van der Waals surface area contributed by atoms with Crippen LogP contribution in [0.5, 0.6) is 0 Å². The number of fused-ring (bicyclic) bond motifs is 1. The molecule has 0 fully saturated rings. The first-order valence-electron chi connectivity index (χ1n) is 5.17. The summed E-state index contributed by atoms with van der Waals surface area (Å²) in [6.45, 7) is 11.1. The summed E-state index contributed by atoms with van der Waals surface area (Å²) in [4.78, 5) is 8.60. The first-order chi connectivity index (χ1) is 6.47. The molecule has 78 valence electrons. The van der Waals surface area contributed by atoms with Gasteiger partial charge in [0, 0.05) is 23.5 Å². The van der Waals surface area contributed by atoms with Crippen LogP contribution in [0.15, 0.2) is 0 Å². The van der Waals surface area contributed by atoms with Crippen molar-refractivity contribution in [1.82, 2.24) is 9.88 Å². The Balaban J connectivity index is 2.21. The zero-order valence-electron chi connectivity index (χ0n) is 9.42. The van der Waals surface area contributed by atoms with Gasteiger partial charge in [0.25, 0.3) is 0 Å². The minimum Gasteiger partial charge on any atom is -0.292 e. The molecule has 2 nitrogen and oxygen atoms in total. The SMILES string of the molecule is Cc1nc2c(s1)CCN(C(C)(C)C)C2. The van der Waals surface area contributed by atoms with Crippen molar-refractivity contribution >= 4 is 11.3 Å². The predicted molar refractivity (Wildman–Crippen MR) is 60.7 cm³/mol. The highest BCUT2D eigenvalue weighted by Gasteiger charge is 2.27. The zero-order chi connectivity index (χ0) is 10.3. The summed E-state index contributed by atoms with van der Waals surface area (Å²) < 4.78 is 0. The summed E-state index contributed by atoms with van der Waals surface area (Å²) in [7, 11) is 0. The lowest BCUT2D eigenvalue weighted by Gasteiger charge is -2.37. The van der Waals surface area contributed by atoms with Gasteiger partial charge in [0.1, 0.15) is 0 Å². The van der Waals surface area contributed by atoms with Gasteiger partial charge in [-0.25, -0.2) is 4.98 Å². The number of rotatable bonds is 0. The number of hydrogen-bond donors (Lipinski definition) is 0. The van der Waals surface area contributed by atoms with Crippen molar-refractivity contribution in [3.63, 3.8) is 0 Å². The fraction of sp³-hybridized carbons (Fsp3) is 0.727. The van der Waals surface area contributed by atoms with Crippen LogP contribution in [0, 0.1) is 6.92 Å². The van der Waals surface area contributed by atoms with Crippen molar-refractivity contribution in [3.8, 4) is 0 Å². The van der Waals surface area contributed by atoms with Crippen LogP contribution in [0.3, 0.4) is 0 Å². The van der Waals surface area contributed by atoms with Crippen LogP contribution in [0.4, 0.5) is 0 Å². The molecule has 0 aromatic carbocycles. The molecule has 1 aliphatic heterocycles. The summed E-state index contributed by atoms with van der Waals surface area (Å²) >= 11 is 1.87. The fourth-order valence-corrected chi connectivity index (χ4v) is 2.83. The Labute approximate surface area is 90.0 Å². The van der Waals surface area contributed by atoms with E-state index in [1.54, 1.807) is 0 Å². The van der Waals surface area contributed by atoms with Crippen LogP contribution >= 0.6 is 11.3 Å². The third kappa shape index (κ3) is 1.84. The standard InChI is InChI=1S/C11H18N2S/c1-8-12-9-7-13(11(2,3)4)6-5-10(9)14-8/h5-7H2,1-4H3.